The van der Waals surface area contributed by atoms with E-state index in [2.05, 4.69) is 32.9 Å². The van der Waals surface area contributed by atoms with Gasteiger partial charge in [0.25, 0.3) is 0 Å². The lowest BCUT2D eigenvalue weighted by Gasteiger charge is -2.16. The Kier molecular flexibility index (Phi) is 6.85. The molecule has 1 aliphatic heterocycles. The van der Waals surface area contributed by atoms with Crippen molar-refractivity contribution in [1.29, 1.82) is 0 Å². The van der Waals surface area contributed by atoms with Gasteiger partial charge in [-0.15, -0.1) is 0 Å². The van der Waals surface area contributed by atoms with Crippen LogP contribution in [0.25, 0.3) is 0 Å². The van der Waals surface area contributed by atoms with Crippen molar-refractivity contribution < 1.29 is 14.6 Å². The Labute approximate surface area is 127 Å². The molecule has 0 saturated heterocycles. The van der Waals surface area contributed by atoms with Gasteiger partial charge in [-0.2, -0.15) is 0 Å². The minimum atomic E-state index is -0.691. The molecule has 0 atom stereocenters. The summed E-state index contributed by atoms with van der Waals surface area (Å²) in [5, 5.41) is 8.31. The monoisotopic (exact) mass is 293 g/mol. The van der Waals surface area contributed by atoms with Gasteiger partial charge in [0.05, 0.1) is 13.2 Å². The number of nitrogens with two attached hydrogens (primary N) is 1. The Morgan fingerprint density at radius 1 is 1.33 bits per heavy atom. The molecule has 0 bridgehead atoms. The summed E-state index contributed by atoms with van der Waals surface area (Å²) in [4.78, 5) is 10.1. The number of rotatable bonds is 4. The Morgan fingerprint density at radius 2 is 2.05 bits per heavy atom. The van der Waals surface area contributed by atoms with E-state index in [1.165, 1.54) is 16.7 Å². The Balaban J connectivity index is 0.000000212. The summed E-state index contributed by atoms with van der Waals surface area (Å²) in [6, 6.07) is 6.20. The lowest BCUT2D eigenvalue weighted by molar-refractivity contribution is -0.137. The van der Waals surface area contributed by atoms with Gasteiger partial charge in [-0.3, -0.25) is 4.79 Å². The van der Waals surface area contributed by atoms with Crippen LogP contribution in [0.5, 0.6) is 0 Å². The van der Waals surface area contributed by atoms with Crippen molar-refractivity contribution in [2.75, 3.05) is 0 Å². The van der Waals surface area contributed by atoms with Crippen LogP contribution in [0, 0.1) is 5.41 Å². The highest BCUT2D eigenvalue weighted by Crippen LogP contribution is 2.22. The normalized spacial score (nSPS) is 13.3. The highest BCUT2D eigenvalue weighted by Gasteiger charge is 2.13. The van der Waals surface area contributed by atoms with Gasteiger partial charge in [-0.05, 0) is 34.9 Å². The lowest BCUT2D eigenvalue weighted by Crippen LogP contribution is -2.05. The Morgan fingerprint density at radius 3 is 2.62 bits per heavy atom. The average molecular weight is 293 g/mol. The highest BCUT2D eigenvalue weighted by atomic mass is 16.5. The first kappa shape index (κ1) is 17.7. The van der Waals surface area contributed by atoms with E-state index in [-0.39, 0.29) is 5.41 Å². The van der Waals surface area contributed by atoms with E-state index in [1.54, 1.807) is 0 Å². The fourth-order valence-corrected chi connectivity index (χ4v) is 2.23. The van der Waals surface area contributed by atoms with E-state index in [0.717, 1.165) is 26.1 Å². The zero-order valence-electron chi connectivity index (χ0n) is 13.3. The first-order valence-corrected chi connectivity index (χ1v) is 7.43. The van der Waals surface area contributed by atoms with E-state index < -0.39 is 5.97 Å². The first-order valence-electron chi connectivity index (χ1n) is 7.43. The van der Waals surface area contributed by atoms with Gasteiger partial charge in [0.15, 0.2) is 0 Å². The molecule has 118 valence electrons. The molecule has 0 aliphatic carbocycles. The summed E-state index contributed by atoms with van der Waals surface area (Å²) in [6.07, 6.45) is 2.08. The predicted molar refractivity (Wildman–Crippen MR) is 83.8 cm³/mol. The Bertz CT molecular complexity index is 464. The molecule has 1 aromatic carbocycles. The second-order valence-electron chi connectivity index (χ2n) is 6.56. The van der Waals surface area contributed by atoms with Gasteiger partial charge >= 0.3 is 5.97 Å². The van der Waals surface area contributed by atoms with E-state index in [4.69, 9.17) is 15.6 Å². The number of benzene rings is 1. The second-order valence-corrected chi connectivity index (χ2v) is 6.56. The zero-order valence-corrected chi connectivity index (χ0v) is 13.3. The van der Waals surface area contributed by atoms with Crippen LogP contribution in [0.15, 0.2) is 18.2 Å². The maximum atomic E-state index is 10.1. The number of carbonyl (C=O) groups is 1. The zero-order chi connectivity index (χ0) is 15.9. The van der Waals surface area contributed by atoms with Crippen LogP contribution in [-0.2, 0) is 29.3 Å². The predicted octanol–water partition coefficient (Wildman–Crippen LogP) is 3.46. The van der Waals surface area contributed by atoms with Crippen LogP contribution < -0.4 is 5.73 Å². The number of hydrogen-bond donors (Lipinski definition) is 2. The minimum absolute atomic E-state index is 0.273. The second kappa shape index (κ2) is 8.15. The van der Waals surface area contributed by atoms with Crippen molar-refractivity contribution in [1.82, 2.24) is 0 Å². The number of carboxylic acid groups (broad SMARTS) is 1. The standard InChI is InChI=1S/C9H11NO.C8H16O2/c10-4-7-2-1-3-8-5-11-6-9(7)8;1-8(2,3)6-4-5-7(9)10/h1-3H,4-6,10H2;4-6H2,1-3H3,(H,9,10). The van der Waals surface area contributed by atoms with Crippen LogP contribution in [0.4, 0.5) is 0 Å². The molecule has 0 aromatic heterocycles. The summed E-state index contributed by atoms with van der Waals surface area (Å²) in [5.41, 5.74) is 9.66. The number of carboxylic acids is 1. The van der Waals surface area contributed by atoms with Gasteiger partial charge in [0.1, 0.15) is 0 Å². The third kappa shape index (κ3) is 6.74. The molecule has 0 spiro atoms. The summed E-state index contributed by atoms with van der Waals surface area (Å²) >= 11 is 0. The molecule has 4 nitrogen and oxygen atoms in total. The quantitative estimate of drug-likeness (QED) is 0.891. The van der Waals surface area contributed by atoms with Crippen molar-refractivity contribution in [3.05, 3.63) is 34.9 Å². The number of hydrogen-bond acceptors (Lipinski definition) is 3. The smallest absolute Gasteiger partial charge is 0.303 e. The molecule has 3 N–H and O–H groups in total. The molecule has 0 amide bonds. The third-order valence-corrected chi connectivity index (χ3v) is 3.41. The van der Waals surface area contributed by atoms with Crippen molar-refractivity contribution in [2.45, 2.75) is 59.8 Å². The number of ether oxygens (including phenoxy) is 1. The van der Waals surface area contributed by atoms with Crippen molar-refractivity contribution in [2.24, 2.45) is 11.1 Å². The molecular weight excluding hydrogens is 266 g/mol. The SMILES string of the molecule is CC(C)(C)CCCC(=O)O.NCc1cccc2c1COC2. The molecular formula is C17H27NO3. The van der Waals surface area contributed by atoms with Crippen molar-refractivity contribution in [3.63, 3.8) is 0 Å². The topological polar surface area (TPSA) is 72.5 Å². The summed E-state index contributed by atoms with van der Waals surface area (Å²) in [7, 11) is 0. The maximum Gasteiger partial charge on any atom is 0.303 e. The lowest BCUT2D eigenvalue weighted by atomic mass is 9.90. The number of aliphatic carboxylic acids is 1. The Hall–Kier alpha value is -1.39. The van der Waals surface area contributed by atoms with Gasteiger partial charge in [-0.25, -0.2) is 0 Å². The summed E-state index contributed by atoms with van der Waals surface area (Å²) in [6.45, 7) is 8.47. The van der Waals surface area contributed by atoms with E-state index in [0.29, 0.717) is 13.0 Å². The van der Waals surface area contributed by atoms with Crippen LogP contribution in [0.2, 0.25) is 0 Å². The van der Waals surface area contributed by atoms with E-state index >= 15 is 0 Å². The average Bonchev–Trinajstić information content (AvgIpc) is 2.85. The first-order chi connectivity index (χ1) is 9.83. The molecule has 21 heavy (non-hydrogen) atoms. The fraction of sp³-hybridized carbons (Fsp3) is 0.588. The van der Waals surface area contributed by atoms with Crippen LogP contribution in [-0.4, -0.2) is 11.1 Å². The van der Waals surface area contributed by atoms with Crippen LogP contribution >= 0.6 is 0 Å². The molecule has 0 fully saturated rings. The molecule has 1 heterocycles. The molecule has 0 radical (unpaired) electrons. The number of fused-ring (bicyclic) bond motifs is 1. The molecule has 1 aromatic rings. The molecule has 4 heteroatoms. The van der Waals surface area contributed by atoms with Gasteiger partial charge in [0.2, 0.25) is 0 Å². The van der Waals surface area contributed by atoms with E-state index in [9.17, 15) is 4.79 Å². The van der Waals surface area contributed by atoms with Gasteiger partial charge < -0.3 is 15.6 Å². The fourth-order valence-electron chi connectivity index (χ4n) is 2.23. The minimum Gasteiger partial charge on any atom is -0.481 e. The van der Waals surface area contributed by atoms with Crippen LogP contribution in [0.3, 0.4) is 0 Å². The summed E-state index contributed by atoms with van der Waals surface area (Å²) in [5.74, 6) is -0.691. The highest BCUT2D eigenvalue weighted by molar-refractivity contribution is 5.66. The van der Waals surface area contributed by atoms with Gasteiger partial charge in [0, 0.05) is 13.0 Å². The van der Waals surface area contributed by atoms with E-state index in [1.807, 2.05) is 6.07 Å². The molecule has 0 unspecified atom stereocenters. The van der Waals surface area contributed by atoms with Crippen molar-refractivity contribution in [3.8, 4) is 0 Å². The third-order valence-electron chi connectivity index (χ3n) is 3.41. The largest absolute Gasteiger partial charge is 0.481 e. The molecule has 2 rings (SSSR count). The molecule has 1 aliphatic rings. The van der Waals surface area contributed by atoms with Crippen LogP contribution in [0.1, 0.15) is 56.7 Å². The molecule has 0 saturated carbocycles. The van der Waals surface area contributed by atoms with Gasteiger partial charge in [-0.1, -0.05) is 39.0 Å². The van der Waals surface area contributed by atoms with Crippen molar-refractivity contribution >= 4 is 5.97 Å². The maximum absolute atomic E-state index is 10.1. The summed E-state index contributed by atoms with van der Waals surface area (Å²) < 4.78 is 5.30.